The predicted octanol–water partition coefficient (Wildman–Crippen LogP) is 4.70. The van der Waals surface area contributed by atoms with E-state index in [9.17, 15) is 23.1 Å². The Kier molecular flexibility index (Phi) is 6.44. The normalized spacial score (nSPS) is 19.4. The fourth-order valence-corrected chi connectivity index (χ4v) is 5.03. The van der Waals surface area contributed by atoms with Gasteiger partial charge in [0.1, 0.15) is 5.69 Å². The smallest absolute Gasteiger partial charge is 0.396 e. The summed E-state index contributed by atoms with van der Waals surface area (Å²) in [5.74, 6) is -0.524. The third-order valence-electron chi connectivity index (χ3n) is 6.94. The van der Waals surface area contributed by atoms with Crippen LogP contribution in [0.3, 0.4) is 0 Å². The number of nitrogens with zero attached hydrogens (tertiary/aromatic N) is 2. The number of aromatic nitrogens is 1. The van der Waals surface area contributed by atoms with Crippen LogP contribution >= 0.6 is 0 Å². The number of nitrogens with one attached hydrogen (secondary N) is 1. The van der Waals surface area contributed by atoms with E-state index in [0.717, 1.165) is 47.6 Å². The Morgan fingerprint density at radius 3 is 2.81 bits per heavy atom. The molecule has 36 heavy (non-hydrogen) atoms. The van der Waals surface area contributed by atoms with E-state index in [1.165, 1.54) is 11.6 Å². The number of carbonyl (C=O) groups is 1. The maximum atomic E-state index is 13.0. The number of aliphatic hydroxyl groups excluding tert-OH is 1. The van der Waals surface area contributed by atoms with Crippen molar-refractivity contribution in [2.45, 2.75) is 25.6 Å². The average Bonchev–Trinajstić information content (AvgIpc) is 2.88. The lowest BCUT2D eigenvalue weighted by atomic mass is 9.84. The molecule has 2 aromatic carbocycles. The number of pyridine rings is 1. The van der Waals surface area contributed by atoms with Crippen molar-refractivity contribution in [2.75, 3.05) is 36.6 Å². The molecule has 2 atom stereocenters. The Morgan fingerprint density at radius 2 is 2.03 bits per heavy atom. The third-order valence-corrected chi connectivity index (χ3v) is 6.94. The zero-order chi connectivity index (χ0) is 25.4. The molecule has 9 heteroatoms. The predicted molar refractivity (Wildman–Crippen MR) is 130 cm³/mol. The highest BCUT2D eigenvalue weighted by molar-refractivity contribution is 6.04. The third kappa shape index (κ3) is 4.68. The zero-order valence-electron chi connectivity index (χ0n) is 19.7. The minimum absolute atomic E-state index is 0.106. The second-order valence-corrected chi connectivity index (χ2v) is 9.24. The quantitative estimate of drug-likeness (QED) is 0.547. The minimum atomic E-state index is -4.63. The first-order valence-corrected chi connectivity index (χ1v) is 11.8. The number of amides is 1. The number of aryl methyl sites for hydroxylation is 1. The fraction of sp³-hybridized carbons (Fsp3) is 0.333. The van der Waals surface area contributed by atoms with Crippen LogP contribution in [0.25, 0.3) is 11.1 Å². The van der Waals surface area contributed by atoms with Gasteiger partial charge in [-0.1, -0.05) is 18.2 Å². The zero-order valence-corrected chi connectivity index (χ0v) is 19.7. The van der Waals surface area contributed by atoms with Gasteiger partial charge in [-0.3, -0.25) is 9.78 Å². The number of carbonyl (C=O) groups excluding carboxylic acids is 1. The Labute approximate surface area is 206 Å². The van der Waals surface area contributed by atoms with Gasteiger partial charge in [-0.25, -0.2) is 0 Å². The van der Waals surface area contributed by atoms with Crippen LogP contribution in [-0.2, 0) is 17.3 Å². The first-order valence-electron chi connectivity index (χ1n) is 11.8. The van der Waals surface area contributed by atoms with Crippen molar-refractivity contribution in [3.05, 3.63) is 77.1 Å². The number of anilines is 2. The van der Waals surface area contributed by atoms with Crippen molar-refractivity contribution < 1.29 is 27.8 Å². The SMILES string of the molecule is Cc1ccc(NC(=O)c2ccnc(C(F)(F)F)c2)cc1-c1ccc2c(c1)N1CCOC[C@@H]1[C@@H](CO)C2. The molecule has 0 saturated carbocycles. The van der Waals surface area contributed by atoms with Gasteiger partial charge in [0.05, 0.1) is 19.3 Å². The summed E-state index contributed by atoms with van der Waals surface area (Å²) >= 11 is 0. The molecule has 0 radical (unpaired) electrons. The summed E-state index contributed by atoms with van der Waals surface area (Å²) in [4.78, 5) is 18.3. The van der Waals surface area contributed by atoms with Gasteiger partial charge in [0, 0.05) is 42.2 Å². The molecule has 2 N–H and O–H groups in total. The number of aliphatic hydroxyl groups is 1. The molecular formula is C27H26F3N3O3. The minimum Gasteiger partial charge on any atom is -0.396 e. The molecule has 3 heterocycles. The van der Waals surface area contributed by atoms with E-state index in [-0.39, 0.29) is 24.1 Å². The Morgan fingerprint density at radius 1 is 1.19 bits per heavy atom. The first-order chi connectivity index (χ1) is 17.2. The Bertz CT molecular complexity index is 1290. The van der Waals surface area contributed by atoms with Gasteiger partial charge in [0.2, 0.25) is 0 Å². The second kappa shape index (κ2) is 9.55. The molecule has 0 spiro atoms. The van der Waals surface area contributed by atoms with Crippen molar-refractivity contribution >= 4 is 17.3 Å². The lowest BCUT2D eigenvalue weighted by molar-refractivity contribution is -0.141. The summed E-state index contributed by atoms with van der Waals surface area (Å²) in [5, 5.41) is 12.6. The highest BCUT2D eigenvalue weighted by atomic mass is 19.4. The molecule has 6 nitrogen and oxygen atoms in total. The summed E-state index contributed by atoms with van der Waals surface area (Å²) in [6, 6.07) is 13.8. The van der Waals surface area contributed by atoms with Crippen molar-refractivity contribution in [2.24, 2.45) is 5.92 Å². The molecule has 1 fully saturated rings. The van der Waals surface area contributed by atoms with Gasteiger partial charge < -0.3 is 20.1 Å². The van der Waals surface area contributed by atoms with Crippen LogP contribution in [0.5, 0.6) is 0 Å². The lowest BCUT2D eigenvalue weighted by Gasteiger charge is -2.46. The number of fused-ring (bicyclic) bond motifs is 3. The number of rotatable bonds is 4. The van der Waals surface area contributed by atoms with E-state index < -0.39 is 17.8 Å². The maximum absolute atomic E-state index is 13.0. The van der Waals surface area contributed by atoms with Crippen LogP contribution in [0, 0.1) is 12.8 Å². The van der Waals surface area contributed by atoms with Gasteiger partial charge >= 0.3 is 6.18 Å². The summed E-state index contributed by atoms with van der Waals surface area (Å²) in [6.45, 7) is 4.04. The highest BCUT2D eigenvalue weighted by Gasteiger charge is 2.36. The standard InChI is InChI=1S/C27H26F3N3O3/c1-16-2-5-21(32-26(35)19-6-7-31-25(12-19)27(28,29)30)13-22(16)17-3-4-18-10-20(14-34)24-15-36-9-8-33(24)23(18)11-17/h2-7,11-13,20,24,34H,8-10,14-15H2,1H3,(H,32,35)/t20-,24-/m1/s1. The largest absolute Gasteiger partial charge is 0.433 e. The number of hydrogen-bond donors (Lipinski definition) is 2. The number of benzene rings is 2. The summed E-state index contributed by atoms with van der Waals surface area (Å²) in [7, 11) is 0. The number of ether oxygens (including phenoxy) is 1. The van der Waals surface area contributed by atoms with Crippen LogP contribution in [0.4, 0.5) is 24.5 Å². The van der Waals surface area contributed by atoms with E-state index in [1.54, 1.807) is 6.07 Å². The van der Waals surface area contributed by atoms with Gasteiger partial charge in [-0.15, -0.1) is 0 Å². The Balaban J connectivity index is 1.43. The van der Waals surface area contributed by atoms with Crippen molar-refractivity contribution in [3.8, 4) is 11.1 Å². The van der Waals surface area contributed by atoms with Gasteiger partial charge in [0.25, 0.3) is 5.91 Å². The van der Waals surface area contributed by atoms with Crippen LogP contribution in [0.15, 0.2) is 54.7 Å². The Hall–Kier alpha value is -3.43. The van der Waals surface area contributed by atoms with Crippen molar-refractivity contribution in [1.82, 2.24) is 4.98 Å². The highest BCUT2D eigenvalue weighted by Crippen LogP contribution is 2.39. The molecule has 188 valence electrons. The van der Waals surface area contributed by atoms with Gasteiger partial charge in [-0.05, 0) is 65.9 Å². The van der Waals surface area contributed by atoms with E-state index in [0.29, 0.717) is 18.9 Å². The van der Waals surface area contributed by atoms with E-state index in [4.69, 9.17) is 4.74 Å². The molecular weight excluding hydrogens is 471 g/mol. The molecule has 2 aliphatic rings. The molecule has 0 bridgehead atoms. The molecule has 0 aliphatic carbocycles. The number of alkyl halides is 3. The topological polar surface area (TPSA) is 74.7 Å². The van der Waals surface area contributed by atoms with Crippen LogP contribution in [0.2, 0.25) is 0 Å². The van der Waals surface area contributed by atoms with Gasteiger partial charge in [-0.2, -0.15) is 13.2 Å². The first kappa shape index (κ1) is 24.3. The number of morpholine rings is 1. The molecule has 5 rings (SSSR count). The number of hydrogen-bond acceptors (Lipinski definition) is 5. The summed E-state index contributed by atoms with van der Waals surface area (Å²) < 4.78 is 44.7. The summed E-state index contributed by atoms with van der Waals surface area (Å²) in [6.07, 6.45) is -2.88. The van der Waals surface area contributed by atoms with Crippen molar-refractivity contribution in [1.29, 1.82) is 0 Å². The molecule has 3 aromatic rings. The second-order valence-electron chi connectivity index (χ2n) is 9.24. The molecule has 1 saturated heterocycles. The van der Waals surface area contributed by atoms with Gasteiger partial charge in [0.15, 0.2) is 0 Å². The monoisotopic (exact) mass is 497 g/mol. The van der Waals surface area contributed by atoms with E-state index in [2.05, 4.69) is 27.3 Å². The van der Waals surface area contributed by atoms with E-state index in [1.807, 2.05) is 25.1 Å². The van der Waals surface area contributed by atoms with Crippen LogP contribution in [0.1, 0.15) is 27.2 Å². The maximum Gasteiger partial charge on any atom is 0.433 e. The molecule has 0 unspecified atom stereocenters. The van der Waals surface area contributed by atoms with E-state index >= 15 is 0 Å². The van der Waals surface area contributed by atoms with Crippen LogP contribution < -0.4 is 10.2 Å². The fourth-order valence-electron chi connectivity index (χ4n) is 5.03. The average molecular weight is 498 g/mol. The molecule has 2 aliphatic heterocycles. The molecule has 1 amide bonds. The van der Waals surface area contributed by atoms with Crippen LogP contribution in [-0.4, -0.2) is 48.4 Å². The van der Waals surface area contributed by atoms with Crippen molar-refractivity contribution in [3.63, 3.8) is 0 Å². The lowest BCUT2D eigenvalue weighted by Crippen LogP contribution is -2.53. The molecule has 1 aromatic heterocycles. The summed E-state index contributed by atoms with van der Waals surface area (Å²) in [5.41, 5.74) is 4.43. The number of halogens is 3.